The van der Waals surface area contributed by atoms with Crippen LogP contribution in [0.4, 0.5) is 0 Å². The molecule has 112 valence electrons. The Bertz CT molecular complexity index is 916. The summed E-state index contributed by atoms with van der Waals surface area (Å²) in [5.74, 6) is 0.239. The van der Waals surface area contributed by atoms with Crippen LogP contribution in [0.2, 0.25) is 0 Å². The van der Waals surface area contributed by atoms with E-state index in [9.17, 15) is 12.6 Å². The molecule has 0 saturated heterocycles. The molecule has 0 fully saturated rings. The fourth-order valence-electron chi connectivity index (χ4n) is 2.56. The lowest BCUT2D eigenvalue weighted by atomic mass is 10.2. The van der Waals surface area contributed by atoms with E-state index in [2.05, 4.69) is 8.87 Å². The van der Waals surface area contributed by atoms with E-state index in [1.165, 1.54) is 17.9 Å². The molecule has 3 rings (SSSR count). The lowest BCUT2D eigenvalue weighted by molar-refractivity contribution is 0.577. The Hall–Kier alpha value is -1.67. The molecule has 0 saturated carbocycles. The highest BCUT2D eigenvalue weighted by Gasteiger charge is 2.29. The predicted octanol–water partition coefficient (Wildman–Crippen LogP) is 1.50. The van der Waals surface area contributed by atoms with Crippen molar-refractivity contribution in [2.24, 2.45) is 10.8 Å². The molecule has 1 aromatic carbocycles. The molecular weight excluding hydrogens is 310 g/mol. The summed E-state index contributed by atoms with van der Waals surface area (Å²) in [7, 11) is -5.41. The van der Waals surface area contributed by atoms with Gasteiger partial charge in [-0.15, -0.1) is 3.77 Å². The van der Waals surface area contributed by atoms with Crippen molar-refractivity contribution in [3.63, 3.8) is 0 Å². The molecule has 0 amide bonds. The van der Waals surface area contributed by atoms with E-state index < -0.39 is 19.8 Å². The summed E-state index contributed by atoms with van der Waals surface area (Å²) in [6.07, 6.45) is 2.04. The Morgan fingerprint density at radius 3 is 2.71 bits per heavy atom. The minimum Gasteiger partial charge on any atom is -0.255 e. The molecule has 8 heteroatoms. The number of benzene rings is 1. The quantitative estimate of drug-likeness (QED) is 0.838. The molecule has 1 unspecified atom stereocenters. The summed E-state index contributed by atoms with van der Waals surface area (Å²) in [4.78, 5) is 0.536. The maximum atomic E-state index is 13.0. The van der Waals surface area contributed by atoms with Crippen LogP contribution < -0.4 is 0 Å². The normalized spacial score (nSPS) is 21.2. The highest BCUT2D eigenvalue weighted by Crippen LogP contribution is 2.30. The lowest BCUT2D eigenvalue weighted by Crippen LogP contribution is -2.10. The fourth-order valence-corrected chi connectivity index (χ4v) is 7.16. The van der Waals surface area contributed by atoms with Gasteiger partial charge in [0.15, 0.2) is 5.03 Å². The van der Waals surface area contributed by atoms with E-state index in [1.54, 1.807) is 19.1 Å². The number of rotatable bonds is 2. The molecule has 6 nitrogen and oxygen atoms in total. The predicted molar refractivity (Wildman–Crippen MR) is 79.0 cm³/mol. The van der Waals surface area contributed by atoms with Crippen molar-refractivity contribution in [2.75, 3.05) is 5.75 Å². The Kier molecular flexibility index (Phi) is 3.18. The van der Waals surface area contributed by atoms with Gasteiger partial charge >= 0.3 is 10.0 Å². The molecule has 1 atom stereocenters. The third-order valence-electron chi connectivity index (χ3n) is 3.48. The molecule has 2 heterocycles. The second-order valence-electron chi connectivity index (χ2n) is 5.01. The van der Waals surface area contributed by atoms with E-state index in [0.29, 0.717) is 16.9 Å². The van der Waals surface area contributed by atoms with E-state index in [0.717, 1.165) is 5.56 Å². The average molecular weight is 325 g/mol. The van der Waals surface area contributed by atoms with Crippen molar-refractivity contribution in [1.82, 2.24) is 9.78 Å². The van der Waals surface area contributed by atoms with Crippen molar-refractivity contribution in [1.29, 1.82) is 0 Å². The van der Waals surface area contributed by atoms with Gasteiger partial charge in [-0.2, -0.15) is 13.5 Å². The minimum atomic E-state index is -4.01. The number of sulfonamides is 1. The third kappa shape index (κ3) is 2.28. The maximum absolute atomic E-state index is 13.0. The molecule has 0 radical (unpaired) electrons. The van der Waals surface area contributed by atoms with Crippen molar-refractivity contribution >= 4 is 19.8 Å². The second-order valence-corrected chi connectivity index (χ2v) is 9.07. The highest BCUT2D eigenvalue weighted by molar-refractivity contribution is 8.03. The number of aryl methyl sites for hydroxylation is 3. The molecule has 2 aromatic rings. The smallest absolute Gasteiger partial charge is 0.255 e. The number of aromatic nitrogens is 2. The van der Waals surface area contributed by atoms with Crippen molar-refractivity contribution in [2.45, 2.75) is 23.3 Å². The lowest BCUT2D eigenvalue weighted by Gasteiger charge is -2.05. The molecule has 0 spiro atoms. The number of fused-ring (bicyclic) bond motifs is 1. The minimum absolute atomic E-state index is 0.00499. The molecule has 0 N–H and O–H groups in total. The largest absolute Gasteiger partial charge is 0.307 e. The Labute approximate surface area is 124 Å². The first-order valence-corrected chi connectivity index (χ1v) is 9.53. The van der Waals surface area contributed by atoms with Gasteiger partial charge in [-0.3, -0.25) is 4.68 Å². The van der Waals surface area contributed by atoms with Crippen LogP contribution in [0.3, 0.4) is 0 Å². The number of nitrogens with zero attached hydrogens (tertiary/aromatic N) is 3. The molecule has 1 aliphatic rings. The molecule has 0 aliphatic carbocycles. The van der Waals surface area contributed by atoms with E-state index >= 15 is 0 Å². The molecule has 1 aliphatic heterocycles. The molecule has 0 bridgehead atoms. The molecular formula is C13H15N3O3S2. The van der Waals surface area contributed by atoms with E-state index in [4.69, 9.17) is 0 Å². The molecule has 21 heavy (non-hydrogen) atoms. The van der Waals surface area contributed by atoms with Crippen LogP contribution in [0.15, 0.2) is 44.2 Å². The second kappa shape index (κ2) is 4.67. The molecule has 1 aromatic heterocycles. The van der Waals surface area contributed by atoms with Crippen LogP contribution >= 0.6 is 0 Å². The Morgan fingerprint density at radius 2 is 2.05 bits per heavy atom. The summed E-state index contributed by atoms with van der Waals surface area (Å²) >= 11 is 0. The number of hydrogen-bond donors (Lipinski definition) is 0. The fraction of sp³-hybridized carbons (Fsp3) is 0.308. The summed E-state index contributed by atoms with van der Waals surface area (Å²) in [6.45, 7) is 1.64. The maximum Gasteiger partial charge on any atom is 0.307 e. The monoisotopic (exact) mass is 325 g/mol. The zero-order valence-corrected chi connectivity index (χ0v) is 13.3. The summed E-state index contributed by atoms with van der Waals surface area (Å²) < 4.78 is 43.0. The summed E-state index contributed by atoms with van der Waals surface area (Å²) in [5, 5.41) is 3.90. The van der Waals surface area contributed by atoms with Crippen LogP contribution in [0.25, 0.3) is 0 Å². The van der Waals surface area contributed by atoms with Gasteiger partial charge in [0.05, 0.1) is 20.8 Å². The third-order valence-corrected chi connectivity index (χ3v) is 8.15. The van der Waals surface area contributed by atoms with E-state index in [1.807, 2.05) is 12.1 Å². The van der Waals surface area contributed by atoms with Crippen LogP contribution in [0.5, 0.6) is 0 Å². The standard InChI is InChI=1S/C13H15N3O3S2/c1-10-9-14-16(2)13(10)21(18,19)15-20(17)8-7-11-5-3-4-6-12(11)20/h3-6,9H,7-8H2,1-2H3. The van der Waals surface area contributed by atoms with Gasteiger partial charge in [-0.1, -0.05) is 18.2 Å². The zero-order valence-electron chi connectivity index (χ0n) is 11.7. The van der Waals surface area contributed by atoms with Crippen molar-refractivity contribution in [3.8, 4) is 0 Å². The summed E-state index contributed by atoms with van der Waals surface area (Å²) in [5.41, 5.74) is 1.40. The summed E-state index contributed by atoms with van der Waals surface area (Å²) in [6, 6.07) is 7.16. The van der Waals surface area contributed by atoms with Crippen LogP contribution in [-0.2, 0) is 33.2 Å². The van der Waals surface area contributed by atoms with Crippen molar-refractivity contribution in [3.05, 3.63) is 41.6 Å². The first-order chi connectivity index (χ1) is 9.83. The van der Waals surface area contributed by atoms with Gasteiger partial charge in [-0.05, 0) is 25.0 Å². The van der Waals surface area contributed by atoms with Crippen molar-refractivity contribution < 1.29 is 12.6 Å². The Morgan fingerprint density at radius 1 is 1.33 bits per heavy atom. The Balaban J connectivity index is 2.22. The number of hydrogen-bond acceptors (Lipinski definition) is 4. The van der Waals surface area contributed by atoms with Gasteiger partial charge in [0, 0.05) is 18.4 Å². The zero-order chi connectivity index (χ0) is 15.3. The van der Waals surface area contributed by atoms with E-state index in [-0.39, 0.29) is 10.8 Å². The van der Waals surface area contributed by atoms with Crippen LogP contribution in [-0.4, -0.2) is 28.2 Å². The van der Waals surface area contributed by atoms with Gasteiger partial charge in [0.25, 0.3) is 0 Å². The topological polar surface area (TPSA) is 81.4 Å². The first-order valence-electron chi connectivity index (χ1n) is 6.41. The van der Waals surface area contributed by atoms with Gasteiger partial charge in [0.1, 0.15) is 0 Å². The van der Waals surface area contributed by atoms with Crippen LogP contribution in [0, 0.1) is 6.92 Å². The van der Waals surface area contributed by atoms with Gasteiger partial charge < -0.3 is 0 Å². The average Bonchev–Trinajstić information content (AvgIpc) is 2.91. The van der Waals surface area contributed by atoms with Gasteiger partial charge in [-0.25, -0.2) is 4.21 Å². The SMILES string of the molecule is Cc1cnn(C)c1S(=O)(=O)N=S1(=O)CCc2ccccc21. The van der Waals surface area contributed by atoms with Crippen LogP contribution in [0.1, 0.15) is 11.1 Å². The highest BCUT2D eigenvalue weighted by atomic mass is 32.3. The van der Waals surface area contributed by atoms with Gasteiger partial charge in [0.2, 0.25) is 0 Å². The first kappa shape index (κ1) is 14.3.